The standard InChI is InChI=1S/C22H20Cl2N4O/c23-17-8-9-18(24)20(13-17)25-22(29)16-7-4-12-28(14-16)21-11-10-19(26-27-21)15-5-2-1-3-6-15/h1-3,5-6,8-11,13,16H,4,7,12,14H2,(H,25,29). The molecule has 1 aliphatic rings. The molecule has 7 heteroatoms. The Morgan fingerprint density at radius 1 is 1.03 bits per heavy atom. The fourth-order valence-corrected chi connectivity index (χ4v) is 3.82. The number of carbonyl (C=O) groups excluding carboxylic acids is 1. The number of hydrogen-bond acceptors (Lipinski definition) is 4. The van der Waals surface area contributed by atoms with Crippen molar-refractivity contribution in [1.82, 2.24) is 10.2 Å². The molecule has 0 radical (unpaired) electrons. The van der Waals surface area contributed by atoms with E-state index >= 15 is 0 Å². The van der Waals surface area contributed by atoms with Gasteiger partial charge in [-0.25, -0.2) is 0 Å². The molecule has 0 bridgehead atoms. The van der Waals surface area contributed by atoms with Gasteiger partial charge in [-0.1, -0.05) is 53.5 Å². The Hall–Kier alpha value is -2.63. The van der Waals surface area contributed by atoms with Crippen LogP contribution < -0.4 is 10.2 Å². The average molecular weight is 427 g/mol. The maximum absolute atomic E-state index is 12.8. The zero-order valence-electron chi connectivity index (χ0n) is 15.7. The van der Waals surface area contributed by atoms with E-state index in [2.05, 4.69) is 20.4 Å². The van der Waals surface area contributed by atoms with E-state index in [1.165, 1.54) is 0 Å². The van der Waals surface area contributed by atoms with Crippen LogP contribution in [0.4, 0.5) is 11.5 Å². The summed E-state index contributed by atoms with van der Waals surface area (Å²) in [7, 11) is 0. The van der Waals surface area contributed by atoms with E-state index in [0.717, 1.165) is 36.5 Å². The normalized spacial score (nSPS) is 16.5. The van der Waals surface area contributed by atoms with Crippen molar-refractivity contribution in [2.75, 3.05) is 23.3 Å². The maximum atomic E-state index is 12.8. The van der Waals surface area contributed by atoms with Crippen molar-refractivity contribution in [2.24, 2.45) is 5.92 Å². The van der Waals surface area contributed by atoms with Crippen molar-refractivity contribution in [1.29, 1.82) is 0 Å². The zero-order chi connectivity index (χ0) is 20.2. The lowest BCUT2D eigenvalue weighted by Gasteiger charge is -2.32. The van der Waals surface area contributed by atoms with Crippen LogP contribution in [0.5, 0.6) is 0 Å². The highest BCUT2D eigenvalue weighted by atomic mass is 35.5. The number of nitrogens with one attached hydrogen (secondary N) is 1. The Balaban J connectivity index is 1.44. The molecule has 148 valence electrons. The molecule has 1 amide bonds. The van der Waals surface area contributed by atoms with Crippen LogP contribution in [0.1, 0.15) is 12.8 Å². The molecule has 1 N–H and O–H groups in total. The van der Waals surface area contributed by atoms with Crippen LogP contribution in [0.25, 0.3) is 11.3 Å². The number of piperidine rings is 1. The van der Waals surface area contributed by atoms with Gasteiger partial charge in [0, 0.05) is 23.7 Å². The summed E-state index contributed by atoms with van der Waals surface area (Å²) >= 11 is 12.2. The summed E-state index contributed by atoms with van der Waals surface area (Å²) in [5.74, 6) is 0.560. The topological polar surface area (TPSA) is 58.1 Å². The fraction of sp³-hybridized carbons (Fsp3) is 0.227. The second-order valence-corrected chi connectivity index (χ2v) is 7.89. The zero-order valence-corrected chi connectivity index (χ0v) is 17.2. The first kappa shape index (κ1) is 19.7. The second kappa shape index (κ2) is 8.80. The highest BCUT2D eigenvalue weighted by Gasteiger charge is 2.27. The summed E-state index contributed by atoms with van der Waals surface area (Å²) < 4.78 is 0. The fourth-order valence-electron chi connectivity index (χ4n) is 3.48. The van der Waals surface area contributed by atoms with Gasteiger partial charge in [-0.2, -0.15) is 0 Å². The van der Waals surface area contributed by atoms with Gasteiger partial charge < -0.3 is 10.2 Å². The van der Waals surface area contributed by atoms with E-state index in [1.54, 1.807) is 18.2 Å². The van der Waals surface area contributed by atoms with Crippen molar-refractivity contribution in [3.8, 4) is 11.3 Å². The molecule has 3 aromatic rings. The molecule has 2 heterocycles. The van der Waals surface area contributed by atoms with E-state index in [-0.39, 0.29) is 11.8 Å². The Labute approximate surface area is 179 Å². The molecule has 29 heavy (non-hydrogen) atoms. The third-order valence-corrected chi connectivity index (χ3v) is 5.59. The maximum Gasteiger partial charge on any atom is 0.229 e. The molecule has 1 fully saturated rings. The van der Waals surface area contributed by atoms with Gasteiger partial charge in [-0.15, -0.1) is 10.2 Å². The van der Waals surface area contributed by atoms with E-state index in [9.17, 15) is 4.79 Å². The predicted octanol–water partition coefficient (Wildman–Crippen LogP) is 5.31. The van der Waals surface area contributed by atoms with Gasteiger partial charge in [0.15, 0.2) is 5.82 Å². The van der Waals surface area contributed by atoms with Crippen LogP contribution >= 0.6 is 23.2 Å². The first-order valence-electron chi connectivity index (χ1n) is 9.50. The smallest absolute Gasteiger partial charge is 0.229 e. The molecular formula is C22H20Cl2N4O. The summed E-state index contributed by atoms with van der Waals surface area (Å²) in [5, 5.41) is 12.7. The highest BCUT2D eigenvalue weighted by molar-refractivity contribution is 6.35. The molecule has 1 saturated heterocycles. The number of aromatic nitrogens is 2. The number of rotatable bonds is 4. The lowest BCUT2D eigenvalue weighted by Crippen LogP contribution is -2.41. The minimum atomic E-state index is -0.158. The third-order valence-electron chi connectivity index (χ3n) is 5.02. The Bertz CT molecular complexity index is 995. The number of hydrogen-bond donors (Lipinski definition) is 1. The largest absolute Gasteiger partial charge is 0.354 e. The number of benzene rings is 2. The summed E-state index contributed by atoms with van der Waals surface area (Å²) in [6, 6.07) is 18.9. The lowest BCUT2D eigenvalue weighted by molar-refractivity contribution is -0.120. The second-order valence-electron chi connectivity index (χ2n) is 7.04. The number of halogens is 2. The molecule has 5 nitrogen and oxygen atoms in total. The Morgan fingerprint density at radius 2 is 1.86 bits per heavy atom. The molecule has 1 atom stereocenters. The SMILES string of the molecule is O=C(Nc1cc(Cl)ccc1Cl)C1CCCN(c2ccc(-c3ccccc3)nn2)C1. The molecule has 1 aromatic heterocycles. The van der Waals surface area contributed by atoms with E-state index in [4.69, 9.17) is 23.2 Å². The minimum absolute atomic E-state index is 0.0623. The van der Waals surface area contributed by atoms with Crippen LogP contribution in [0.3, 0.4) is 0 Å². The van der Waals surface area contributed by atoms with Crippen LogP contribution in [0.15, 0.2) is 60.7 Å². The third kappa shape index (κ3) is 4.69. The number of nitrogens with zero attached hydrogens (tertiary/aromatic N) is 3. The molecule has 2 aromatic carbocycles. The summed E-state index contributed by atoms with van der Waals surface area (Å²) in [6.45, 7) is 1.43. The minimum Gasteiger partial charge on any atom is -0.354 e. The molecule has 1 aliphatic heterocycles. The first-order valence-corrected chi connectivity index (χ1v) is 10.3. The Kier molecular flexibility index (Phi) is 5.97. The van der Waals surface area contributed by atoms with E-state index in [0.29, 0.717) is 22.3 Å². The molecule has 4 rings (SSSR count). The first-order chi connectivity index (χ1) is 14.1. The van der Waals surface area contributed by atoms with E-state index in [1.807, 2.05) is 42.5 Å². The molecule has 1 unspecified atom stereocenters. The van der Waals surface area contributed by atoms with Crippen LogP contribution in [0.2, 0.25) is 10.0 Å². The average Bonchev–Trinajstić information content (AvgIpc) is 2.77. The van der Waals surface area contributed by atoms with Crippen molar-refractivity contribution >= 4 is 40.6 Å². The van der Waals surface area contributed by atoms with Crippen molar-refractivity contribution in [3.63, 3.8) is 0 Å². The molecular weight excluding hydrogens is 407 g/mol. The van der Waals surface area contributed by atoms with Gasteiger partial charge in [-0.3, -0.25) is 4.79 Å². The van der Waals surface area contributed by atoms with Gasteiger partial charge >= 0.3 is 0 Å². The molecule has 0 aliphatic carbocycles. The summed E-state index contributed by atoms with van der Waals surface area (Å²) in [4.78, 5) is 14.9. The monoisotopic (exact) mass is 426 g/mol. The van der Waals surface area contributed by atoms with Crippen LogP contribution in [-0.2, 0) is 4.79 Å². The number of carbonyl (C=O) groups is 1. The van der Waals surface area contributed by atoms with Crippen molar-refractivity contribution < 1.29 is 4.79 Å². The Morgan fingerprint density at radius 3 is 2.62 bits per heavy atom. The van der Waals surface area contributed by atoms with Gasteiger partial charge in [0.05, 0.1) is 22.3 Å². The van der Waals surface area contributed by atoms with E-state index < -0.39 is 0 Å². The van der Waals surface area contributed by atoms with Gasteiger partial charge in [-0.05, 0) is 43.2 Å². The number of amides is 1. The number of anilines is 2. The van der Waals surface area contributed by atoms with Crippen LogP contribution in [0, 0.1) is 5.92 Å². The van der Waals surface area contributed by atoms with Crippen molar-refractivity contribution in [2.45, 2.75) is 12.8 Å². The van der Waals surface area contributed by atoms with Crippen LogP contribution in [-0.4, -0.2) is 29.2 Å². The van der Waals surface area contributed by atoms with Gasteiger partial charge in [0.2, 0.25) is 5.91 Å². The van der Waals surface area contributed by atoms with Crippen molar-refractivity contribution in [3.05, 3.63) is 70.7 Å². The predicted molar refractivity (Wildman–Crippen MR) is 117 cm³/mol. The highest BCUT2D eigenvalue weighted by Crippen LogP contribution is 2.28. The molecule has 0 spiro atoms. The van der Waals surface area contributed by atoms with Gasteiger partial charge in [0.25, 0.3) is 0 Å². The summed E-state index contributed by atoms with van der Waals surface area (Å²) in [5.41, 5.74) is 2.39. The van der Waals surface area contributed by atoms with Gasteiger partial charge in [0.1, 0.15) is 0 Å². The molecule has 0 saturated carbocycles. The summed E-state index contributed by atoms with van der Waals surface area (Å²) in [6.07, 6.45) is 1.72. The quantitative estimate of drug-likeness (QED) is 0.614. The lowest BCUT2D eigenvalue weighted by atomic mass is 9.97.